The number of aryl methyl sites for hydroxylation is 1. The Morgan fingerprint density at radius 2 is 2.06 bits per heavy atom. The van der Waals surface area contributed by atoms with Gasteiger partial charge in [-0.1, -0.05) is 11.6 Å². The van der Waals surface area contributed by atoms with E-state index in [0.29, 0.717) is 0 Å². The van der Waals surface area contributed by atoms with Crippen molar-refractivity contribution in [3.05, 3.63) is 22.2 Å². The number of anilines is 1. The van der Waals surface area contributed by atoms with Gasteiger partial charge >= 0.3 is 0 Å². The van der Waals surface area contributed by atoms with Crippen LogP contribution in [0.1, 0.15) is 24.0 Å². The lowest BCUT2D eigenvalue weighted by Gasteiger charge is -2.16. The van der Waals surface area contributed by atoms with Gasteiger partial charge in [-0.3, -0.25) is 0 Å². The molecule has 0 atom stereocenters. The van der Waals surface area contributed by atoms with Crippen LogP contribution in [0.15, 0.2) is 6.07 Å². The van der Waals surface area contributed by atoms with Crippen molar-refractivity contribution in [3.63, 3.8) is 0 Å². The molecule has 0 aliphatic carbocycles. The van der Waals surface area contributed by atoms with Crippen molar-refractivity contribution >= 4 is 17.3 Å². The molecule has 1 rings (SSSR count). The molecular formula is C13H21ClN2O. The fraction of sp³-hybridized carbons (Fsp3) is 0.538. The topological polar surface area (TPSA) is 47.3 Å². The van der Waals surface area contributed by atoms with Crippen molar-refractivity contribution in [2.75, 3.05) is 25.5 Å². The Bertz CT molecular complexity index is 380. The number of hydrogen-bond acceptors (Lipinski definition) is 3. The molecule has 0 saturated carbocycles. The van der Waals surface area contributed by atoms with Gasteiger partial charge in [0.25, 0.3) is 0 Å². The Labute approximate surface area is 108 Å². The summed E-state index contributed by atoms with van der Waals surface area (Å²) in [6, 6.07) is 1.96. The summed E-state index contributed by atoms with van der Waals surface area (Å²) in [4.78, 5) is 0. The van der Waals surface area contributed by atoms with Gasteiger partial charge < -0.3 is 15.8 Å². The van der Waals surface area contributed by atoms with E-state index < -0.39 is 0 Å². The van der Waals surface area contributed by atoms with E-state index >= 15 is 0 Å². The van der Waals surface area contributed by atoms with Crippen LogP contribution >= 0.6 is 11.6 Å². The lowest BCUT2D eigenvalue weighted by Crippen LogP contribution is -2.08. The summed E-state index contributed by atoms with van der Waals surface area (Å²) in [6.45, 7) is 5.60. The monoisotopic (exact) mass is 256 g/mol. The zero-order valence-corrected chi connectivity index (χ0v) is 11.5. The highest BCUT2D eigenvalue weighted by molar-refractivity contribution is 6.32. The molecule has 0 bridgehead atoms. The molecule has 0 aromatic heterocycles. The molecule has 17 heavy (non-hydrogen) atoms. The van der Waals surface area contributed by atoms with Crippen LogP contribution in [0.4, 0.5) is 5.69 Å². The Hall–Kier alpha value is -0.930. The Balaban J connectivity index is 2.85. The van der Waals surface area contributed by atoms with Crippen LogP contribution in [0.2, 0.25) is 5.02 Å². The summed E-state index contributed by atoms with van der Waals surface area (Å²) in [6.07, 6.45) is 2.07. The molecule has 0 unspecified atom stereocenters. The molecule has 3 N–H and O–H groups in total. The summed E-state index contributed by atoms with van der Waals surface area (Å²) in [7, 11) is 1.67. The van der Waals surface area contributed by atoms with Crippen LogP contribution < -0.4 is 15.8 Å². The maximum absolute atomic E-state index is 6.24. The van der Waals surface area contributed by atoms with Crippen molar-refractivity contribution in [2.45, 2.75) is 26.7 Å². The predicted molar refractivity (Wildman–Crippen MR) is 74.3 cm³/mol. The molecule has 0 aliphatic rings. The maximum Gasteiger partial charge on any atom is 0.142 e. The summed E-state index contributed by atoms with van der Waals surface area (Å²) >= 11 is 6.24. The van der Waals surface area contributed by atoms with E-state index in [4.69, 9.17) is 22.1 Å². The van der Waals surface area contributed by atoms with Crippen molar-refractivity contribution in [1.29, 1.82) is 0 Å². The van der Waals surface area contributed by atoms with E-state index in [-0.39, 0.29) is 0 Å². The molecule has 0 heterocycles. The summed E-state index contributed by atoms with van der Waals surface area (Å²) in [5, 5.41) is 4.17. The van der Waals surface area contributed by atoms with E-state index in [1.54, 1.807) is 7.11 Å². The molecule has 0 spiro atoms. The highest BCUT2D eigenvalue weighted by Gasteiger charge is 2.11. The lowest BCUT2D eigenvalue weighted by atomic mass is 10.1. The minimum absolute atomic E-state index is 0.729. The van der Waals surface area contributed by atoms with Crippen LogP contribution in [0.25, 0.3) is 0 Å². The van der Waals surface area contributed by atoms with Crippen LogP contribution in [0.3, 0.4) is 0 Å². The van der Waals surface area contributed by atoms with E-state index in [0.717, 1.165) is 53.5 Å². The molecule has 0 amide bonds. The summed E-state index contributed by atoms with van der Waals surface area (Å²) in [5.74, 6) is 0.845. The standard InChI is InChI=1S/C13H21ClN2O/c1-9-8-11(17-3)13(10(2)12(9)14)16-7-5-4-6-15/h8,16H,4-7,15H2,1-3H3. The highest BCUT2D eigenvalue weighted by atomic mass is 35.5. The van der Waals surface area contributed by atoms with Crippen molar-refractivity contribution in [2.24, 2.45) is 5.73 Å². The zero-order valence-electron chi connectivity index (χ0n) is 10.8. The van der Waals surface area contributed by atoms with Gasteiger partial charge in [-0.25, -0.2) is 0 Å². The van der Waals surface area contributed by atoms with Crippen molar-refractivity contribution in [3.8, 4) is 5.75 Å². The number of hydrogen-bond donors (Lipinski definition) is 2. The van der Waals surface area contributed by atoms with E-state index in [1.165, 1.54) is 0 Å². The van der Waals surface area contributed by atoms with Crippen LogP contribution in [0.5, 0.6) is 5.75 Å². The van der Waals surface area contributed by atoms with E-state index in [2.05, 4.69) is 5.32 Å². The smallest absolute Gasteiger partial charge is 0.142 e. The van der Waals surface area contributed by atoms with Gasteiger partial charge in [-0.05, 0) is 50.4 Å². The number of nitrogens with two attached hydrogens (primary N) is 1. The average Bonchev–Trinajstić information content (AvgIpc) is 2.33. The van der Waals surface area contributed by atoms with Gasteiger partial charge in [-0.15, -0.1) is 0 Å². The zero-order chi connectivity index (χ0) is 12.8. The van der Waals surface area contributed by atoms with Crippen LogP contribution in [-0.2, 0) is 0 Å². The second-order valence-corrected chi connectivity index (χ2v) is 4.51. The van der Waals surface area contributed by atoms with Gasteiger partial charge in [-0.2, -0.15) is 0 Å². The molecule has 1 aromatic rings. The van der Waals surface area contributed by atoms with Gasteiger partial charge in [0.15, 0.2) is 0 Å². The molecule has 1 aromatic carbocycles. The molecule has 4 heteroatoms. The second kappa shape index (κ2) is 6.72. The first kappa shape index (κ1) is 14.1. The molecule has 0 radical (unpaired) electrons. The van der Waals surface area contributed by atoms with E-state index in [1.807, 2.05) is 19.9 Å². The highest BCUT2D eigenvalue weighted by Crippen LogP contribution is 2.35. The normalized spacial score (nSPS) is 10.4. The second-order valence-electron chi connectivity index (χ2n) is 4.13. The number of halogens is 1. The summed E-state index contributed by atoms with van der Waals surface area (Å²) in [5.41, 5.74) is 8.52. The van der Waals surface area contributed by atoms with Crippen LogP contribution in [0, 0.1) is 13.8 Å². The Kier molecular flexibility index (Phi) is 5.59. The third-order valence-corrected chi connectivity index (χ3v) is 3.38. The van der Waals surface area contributed by atoms with Crippen molar-refractivity contribution < 1.29 is 4.74 Å². The summed E-state index contributed by atoms with van der Waals surface area (Å²) < 4.78 is 5.37. The lowest BCUT2D eigenvalue weighted by molar-refractivity contribution is 0.416. The quantitative estimate of drug-likeness (QED) is 0.769. The number of unbranched alkanes of at least 4 members (excludes halogenated alkanes) is 1. The SMILES string of the molecule is COc1cc(C)c(Cl)c(C)c1NCCCCN. The maximum atomic E-state index is 6.24. The number of ether oxygens (including phenoxy) is 1. The number of benzene rings is 1. The molecule has 0 saturated heterocycles. The molecule has 0 aliphatic heterocycles. The Morgan fingerprint density at radius 3 is 2.65 bits per heavy atom. The number of rotatable bonds is 6. The van der Waals surface area contributed by atoms with Gasteiger partial charge in [0.2, 0.25) is 0 Å². The first-order chi connectivity index (χ1) is 8.11. The third kappa shape index (κ3) is 3.51. The van der Waals surface area contributed by atoms with Crippen LogP contribution in [-0.4, -0.2) is 20.2 Å². The minimum Gasteiger partial charge on any atom is -0.495 e. The van der Waals surface area contributed by atoms with E-state index in [9.17, 15) is 0 Å². The first-order valence-corrected chi connectivity index (χ1v) is 6.27. The van der Waals surface area contributed by atoms with Crippen molar-refractivity contribution in [1.82, 2.24) is 0 Å². The predicted octanol–water partition coefficient (Wildman–Crippen LogP) is 3.12. The minimum atomic E-state index is 0.729. The van der Waals surface area contributed by atoms with Gasteiger partial charge in [0.05, 0.1) is 12.8 Å². The molecule has 0 fully saturated rings. The van der Waals surface area contributed by atoms with Gasteiger partial charge in [0.1, 0.15) is 5.75 Å². The average molecular weight is 257 g/mol. The Morgan fingerprint density at radius 1 is 1.35 bits per heavy atom. The molecular weight excluding hydrogens is 236 g/mol. The fourth-order valence-corrected chi connectivity index (χ4v) is 1.93. The number of methoxy groups -OCH3 is 1. The largest absolute Gasteiger partial charge is 0.495 e. The molecule has 3 nitrogen and oxygen atoms in total. The number of nitrogens with one attached hydrogen (secondary N) is 1. The van der Waals surface area contributed by atoms with Gasteiger partial charge in [0, 0.05) is 11.6 Å². The first-order valence-electron chi connectivity index (χ1n) is 5.89. The molecule has 96 valence electrons. The fourth-order valence-electron chi connectivity index (χ4n) is 1.79. The third-order valence-electron chi connectivity index (χ3n) is 2.80.